The maximum absolute atomic E-state index is 14.1. The molecule has 7 N–H and O–H groups in total. The Balaban J connectivity index is 2.55. The van der Waals surface area contributed by atoms with E-state index in [1.54, 1.807) is 20.9 Å². The molecule has 0 bridgehead atoms. The molecule has 0 radical (unpaired) electrons. The Labute approximate surface area is 285 Å². The number of amides is 5. The number of nitrogens with two attached hydrogens (primary N) is 1. The van der Waals surface area contributed by atoms with Gasteiger partial charge in [-0.3, -0.25) is 28.8 Å². The maximum atomic E-state index is 14.1. The van der Waals surface area contributed by atoms with Crippen molar-refractivity contribution in [1.82, 2.24) is 26.2 Å². The number of aliphatic hydroxyl groups excluding tert-OH is 1. The normalized spacial score (nSPS) is 29.0. The third kappa shape index (κ3) is 12.0. The molecule has 14 nitrogen and oxygen atoms in total. The molecular weight excluding hydrogens is 620 g/mol. The van der Waals surface area contributed by atoms with Crippen molar-refractivity contribution in [3.63, 3.8) is 0 Å². The molecule has 1 saturated heterocycles. The van der Waals surface area contributed by atoms with Crippen LogP contribution in [0, 0.1) is 17.8 Å². The zero-order valence-electron chi connectivity index (χ0n) is 29.7. The van der Waals surface area contributed by atoms with Crippen LogP contribution in [0.3, 0.4) is 0 Å². The molecule has 5 amide bonds. The summed E-state index contributed by atoms with van der Waals surface area (Å²) in [5.41, 5.74) is 5.84. The van der Waals surface area contributed by atoms with Gasteiger partial charge in [0.25, 0.3) is 0 Å². The summed E-state index contributed by atoms with van der Waals surface area (Å²) in [6, 6.07) is -4.71. The van der Waals surface area contributed by atoms with Crippen molar-refractivity contribution in [2.24, 2.45) is 23.5 Å². The smallest absolute Gasteiger partial charge is 0.325 e. The second-order valence-electron chi connectivity index (χ2n) is 13.6. The Bertz CT molecular complexity index is 1100. The van der Waals surface area contributed by atoms with Crippen molar-refractivity contribution in [3.8, 4) is 0 Å². The summed E-state index contributed by atoms with van der Waals surface area (Å²) in [7, 11) is 1.57. The molecule has 2 rings (SSSR count). The molecule has 0 spiro atoms. The van der Waals surface area contributed by atoms with E-state index in [1.165, 1.54) is 11.8 Å². The first-order valence-corrected chi connectivity index (χ1v) is 17.8. The quantitative estimate of drug-likeness (QED) is 0.135. The number of nitrogens with zero attached hydrogens (tertiary/aromatic N) is 1. The molecule has 274 valence electrons. The van der Waals surface area contributed by atoms with Gasteiger partial charge in [-0.15, -0.1) is 0 Å². The largest absolute Gasteiger partial charge is 0.460 e. The molecule has 2 aliphatic rings. The zero-order valence-corrected chi connectivity index (χ0v) is 29.7. The Morgan fingerprint density at radius 1 is 0.896 bits per heavy atom. The number of hydrogen-bond donors (Lipinski definition) is 6. The van der Waals surface area contributed by atoms with Crippen LogP contribution in [0.2, 0.25) is 0 Å². The molecule has 0 aromatic heterocycles. The summed E-state index contributed by atoms with van der Waals surface area (Å²) < 4.78 is 5.78. The zero-order chi connectivity index (χ0) is 36.0. The van der Waals surface area contributed by atoms with E-state index in [0.717, 1.165) is 44.9 Å². The number of cyclic esters (lactones) is 1. The van der Waals surface area contributed by atoms with Gasteiger partial charge in [-0.2, -0.15) is 0 Å². The van der Waals surface area contributed by atoms with E-state index >= 15 is 0 Å². The van der Waals surface area contributed by atoms with Crippen LogP contribution in [0.5, 0.6) is 0 Å². The predicted octanol–water partition coefficient (Wildman–Crippen LogP) is 0.882. The predicted molar refractivity (Wildman–Crippen MR) is 180 cm³/mol. The Morgan fingerprint density at radius 3 is 2.12 bits per heavy atom. The second-order valence-corrected chi connectivity index (χ2v) is 13.6. The lowest BCUT2D eigenvalue weighted by Gasteiger charge is -2.35. The number of ether oxygens (including phenoxy) is 1. The molecule has 14 heteroatoms. The highest BCUT2D eigenvalue weighted by molar-refractivity contribution is 5.96. The van der Waals surface area contributed by atoms with Gasteiger partial charge in [-0.25, -0.2) is 0 Å². The van der Waals surface area contributed by atoms with E-state index in [0.29, 0.717) is 25.7 Å². The fourth-order valence-electron chi connectivity index (χ4n) is 6.40. The Kier molecular flexibility index (Phi) is 17.3. The minimum Gasteiger partial charge on any atom is -0.460 e. The minimum absolute atomic E-state index is 0.224. The third-order valence-electron chi connectivity index (χ3n) is 9.85. The molecule has 1 saturated carbocycles. The van der Waals surface area contributed by atoms with E-state index in [4.69, 9.17) is 10.5 Å². The van der Waals surface area contributed by atoms with Gasteiger partial charge in [0.15, 0.2) is 0 Å². The fourth-order valence-corrected chi connectivity index (χ4v) is 6.40. The Morgan fingerprint density at radius 2 is 1.54 bits per heavy atom. The first kappa shape index (κ1) is 40.9. The third-order valence-corrected chi connectivity index (χ3v) is 9.85. The maximum Gasteiger partial charge on any atom is 0.325 e. The second kappa shape index (κ2) is 20.3. The number of esters is 1. The molecule has 2 fully saturated rings. The SMILES string of the molecule is CCCCCC[C@H]1OC(=O)CNC(=O)[C@H]([C@H](C)O)NC(=O)[C@H](CN)NC(=O)[C@H]([C@H](C)CC)NC(=O)[C@H](CC2CCCC2)N(C)C(=O)[C@@H]1C. The summed E-state index contributed by atoms with van der Waals surface area (Å²) in [6.45, 7) is 7.80. The van der Waals surface area contributed by atoms with Gasteiger partial charge >= 0.3 is 5.97 Å². The van der Waals surface area contributed by atoms with Gasteiger partial charge in [0.2, 0.25) is 29.5 Å². The summed E-state index contributed by atoms with van der Waals surface area (Å²) >= 11 is 0. The molecule has 8 atom stereocenters. The van der Waals surface area contributed by atoms with Crippen molar-refractivity contribution in [2.45, 2.75) is 142 Å². The number of aliphatic hydroxyl groups is 1. The molecule has 1 aliphatic carbocycles. The molecule has 0 aromatic carbocycles. The molecular formula is C34H60N6O8. The van der Waals surface area contributed by atoms with E-state index < -0.39 is 78.4 Å². The highest BCUT2D eigenvalue weighted by atomic mass is 16.5. The van der Waals surface area contributed by atoms with Crippen LogP contribution < -0.4 is 27.0 Å². The summed E-state index contributed by atoms with van der Waals surface area (Å²) in [5.74, 6) is -4.90. The number of unbranched alkanes of at least 4 members (excludes halogenated alkanes) is 3. The van der Waals surface area contributed by atoms with E-state index in [-0.39, 0.29) is 24.3 Å². The monoisotopic (exact) mass is 680 g/mol. The van der Waals surface area contributed by atoms with Crippen LogP contribution in [-0.4, -0.2) is 102 Å². The first-order valence-electron chi connectivity index (χ1n) is 17.8. The molecule has 1 heterocycles. The van der Waals surface area contributed by atoms with E-state index in [2.05, 4.69) is 28.2 Å². The van der Waals surface area contributed by atoms with Gasteiger partial charge in [0.05, 0.1) is 12.0 Å². The highest BCUT2D eigenvalue weighted by Gasteiger charge is 2.39. The topological polar surface area (TPSA) is 209 Å². The van der Waals surface area contributed by atoms with Gasteiger partial charge in [-0.1, -0.05) is 79.1 Å². The first-order chi connectivity index (χ1) is 22.7. The van der Waals surface area contributed by atoms with E-state index in [1.807, 2.05) is 6.92 Å². The lowest BCUT2D eigenvalue weighted by molar-refractivity contribution is -0.157. The lowest BCUT2D eigenvalue weighted by atomic mass is 9.92. The summed E-state index contributed by atoms with van der Waals surface area (Å²) in [5, 5.41) is 20.6. The van der Waals surface area contributed by atoms with Gasteiger partial charge in [0, 0.05) is 13.6 Å². The number of carbonyl (C=O) groups is 6. The van der Waals surface area contributed by atoms with Gasteiger partial charge in [-0.05, 0) is 38.0 Å². The number of rotatable bonds is 11. The number of likely N-dealkylation sites (N-methyl/N-ethyl adjacent to an activating group) is 1. The lowest BCUT2D eigenvalue weighted by Crippen LogP contribution is -2.62. The van der Waals surface area contributed by atoms with Gasteiger partial charge < -0.3 is 41.7 Å². The molecule has 1 aliphatic heterocycles. The number of carbonyl (C=O) groups excluding carboxylic acids is 6. The summed E-state index contributed by atoms with van der Waals surface area (Å²) in [6.07, 6.45) is 6.64. The van der Waals surface area contributed by atoms with E-state index in [9.17, 15) is 33.9 Å². The van der Waals surface area contributed by atoms with Crippen LogP contribution in [0.25, 0.3) is 0 Å². The van der Waals surface area contributed by atoms with Crippen molar-refractivity contribution >= 4 is 35.5 Å². The Hall–Kier alpha value is -3.26. The highest BCUT2D eigenvalue weighted by Crippen LogP contribution is 2.31. The van der Waals surface area contributed by atoms with Crippen molar-refractivity contribution in [3.05, 3.63) is 0 Å². The van der Waals surface area contributed by atoms with Crippen molar-refractivity contribution < 1.29 is 38.6 Å². The minimum atomic E-state index is -1.47. The van der Waals surface area contributed by atoms with Crippen LogP contribution in [0.1, 0.15) is 105 Å². The van der Waals surface area contributed by atoms with Crippen LogP contribution in [-0.2, 0) is 33.5 Å². The van der Waals surface area contributed by atoms with Crippen LogP contribution in [0.15, 0.2) is 0 Å². The fraction of sp³-hybridized carbons (Fsp3) is 0.824. The van der Waals surface area contributed by atoms with Crippen molar-refractivity contribution in [2.75, 3.05) is 20.1 Å². The van der Waals surface area contributed by atoms with Crippen LogP contribution >= 0.6 is 0 Å². The van der Waals surface area contributed by atoms with Crippen LogP contribution in [0.4, 0.5) is 0 Å². The van der Waals surface area contributed by atoms with Crippen molar-refractivity contribution in [1.29, 1.82) is 0 Å². The number of nitrogens with one attached hydrogen (secondary N) is 4. The standard InChI is InChI=1S/C34H60N6O8/c1-7-9-10-11-16-26-21(4)34(47)40(6)25(17-23-14-12-13-15-23)31(44)38-28(20(3)8-2)33(46)37-24(18-35)30(43)39-29(22(5)41)32(45)36-19-27(42)48-26/h20-26,28-29,41H,7-19,35H2,1-6H3,(H,36,45)(H,37,46)(H,38,44)(H,39,43)/t20-,21-,22+,24+,25+,26-,28+,29+/m1/s1. The average molecular weight is 681 g/mol. The average Bonchev–Trinajstić information content (AvgIpc) is 3.58. The molecule has 0 aromatic rings. The number of hydrogen-bond acceptors (Lipinski definition) is 9. The molecule has 0 unspecified atom stereocenters. The molecule has 48 heavy (non-hydrogen) atoms. The summed E-state index contributed by atoms with van der Waals surface area (Å²) in [4.78, 5) is 82.4. The van der Waals surface area contributed by atoms with Gasteiger partial charge in [0.1, 0.15) is 36.8 Å².